The lowest BCUT2D eigenvalue weighted by molar-refractivity contribution is 0.101. The van der Waals surface area contributed by atoms with E-state index in [4.69, 9.17) is 0 Å². The molecule has 3 rings (SSSR count). The van der Waals surface area contributed by atoms with Gasteiger partial charge in [0.05, 0.1) is 5.52 Å². The molecule has 3 aromatic rings. The minimum Gasteiger partial charge on any atom is -0.294 e. The van der Waals surface area contributed by atoms with E-state index in [9.17, 15) is 9.18 Å². The molecular weight excluding hydrogens is 253 g/mol. The molecule has 0 radical (unpaired) electrons. The zero-order chi connectivity index (χ0) is 14.1. The molecule has 3 heteroatoms. The van der Waals surface area contributed by atoms with E-state index < -0.39 is 0 Å². The highest BCUT2D eigenvalue weighted by atomic mass is 19.1. The summed E-state index contributed by atoms with van der Waals surface area (Å²) in [6.07, 6.45) is 1.71. The standard InChI is InChI=1S/C17H12FNO/c1-11(20)13-8-7-12(18)10-16(13)14-4-2-6-17-15(14)5-3-9-19-17/h2-10H,1H3. The molecule has 0 bridgehead atoms. The maximum atomic E-state index is 13.6. The van der Waals surface area contributed by atoms with Gasteiger partial charge in [-0.2, -0.15) is 0 Å². The number of rotatable bonds is 2. The van der Waals surface area contributed by atoms with Gasteiger partial charge in [0.1, 0.15) is 5.82 Å². The van der Waals surface area contributed by atoms with E-state index in [1.165, 1.54) is 25.1 Å². The van der Waals surface area contributed by atoms with E-state index >= 15 is 0 Å². The second-order valence-corrected chi connectivity index (χ2v) is 4.62. The first-order valence-electron chi connectivity index (χ1n) is 6.31. The minimum absolute atomic E-state index is 0.0825. The van der Waals surface area contributed by atoms with Crippen molar-refractivity contribution in [1.82, 2.24) is 4.98 Å². The van der Waals surface area contributed by atoms with Crippen LogP contribution in [0.15, 0.2) is 54.7 Å². The summed E-state index contributed by atoms with van der Waals surface area (Å²) >= 11 is 0. The molecule has 0 saturated carbocycles. The first-order valence-corrected chi connectivity index (χ1v) is 6.31. The quantitative estimate of drug-likeness (QED) is 0.648. The van der Waals surface area contributed by atoms with E-state index in [2.05, 4.69) is 4.98 Å². The van der Waals surface area contributed by atoms with Crippen LogP contribution in [0.3, 0.4) is 0 Å². The molecule has 0 aliphatic carbocycles. The fourth-order valence-electron chi connectivity index (χ4n) is 2.38. The Morgan fingerprint density at radius 1 is 1.05 bits per heavy atom. The molecule has 0 N–H and O–H groups in total. The Morgan fingerprint density at radius 2 is 1.90 bits per heavy atom. The zero-order valence-corrected chi connectivity index (χ0v) is 10.9. The maximum absolute atomic E-state index is 13.6. The molecule has 1 aromatic heterocycles. The number of hydrogen-bond donors (Lipinski definition) is 0. The van der Waals surface area contributed by atoms with Gasteiger partial charge in [-0.15, -0.1) is 0 Å². The summed E-state index contributed by atoms with van der Waals surface area (Å²) < 4.78 is 13.6. The number of pyridine rings is 1. The molecule has 2 aromatic carbocycles. The van der Waals surface area contributed by atoms with E-state index in [1.54, 1.807) is 6.20 Å². The normalized spacial score (nSPS) is 10.7. The molecule has 0 atom stereocenters. The number of ketones is 1. The monoisotopic (exact) mass is 265 g/mol. The third-order valence-corrected chi connectivity index (χ3v) is 3.30. The lowest BCUT2D eigenvalue weighted by atomic mass is 9.94. The van der Waals surface area contributed by atoms with Crippen LogP contribution < -0.4 is 0 Å². The second kappa shape index (κ2) is 4.85. The van der Waals surface area contributed by atoms with Crippen molar-refractivity contribution >= 4 is 16.7 Å². The van der Waals surface area contributed by atoms with Crippen LogP contribution in [0.4, 0.5) is 4.39 Å². The SMILES string of the molecule is CC(=O)c1ccc(F)cc1-c1cccc2ncccc12. The molecule has 0 saturated heterocycles. The molecule has 2 nitrogen and oxygen atoms in total. The number of benzene rings is 2. The number of hydrogen-bond acceptors (Lipinski definition) is 2. The molecule has 0 unspecified atom stereocenters. The van der Waals surface area contributed by atoms with Crippen LogP contribution >= 0.6 is 0 Å². The Morgan fingerprint density at radius 3 is 2.70 bits per heavy atom. The fraction of sp³-hybridized carbons (Fsp3) is 0.0588. The van der Waals surface area contributed by atoms with Crippen LogP contribution in [0.1, 0.15) is 17.3 Å². The molecular formula is C17H12FNO. The van der Waals surface area contributed by atoms with Crippen molar-refractivity contribution in [2.75, 3.05) is 0 Å². The van der Waals surface area contributed by atoms with Gasteiger partial charge in [0, 0.05) is 17.1 Å². The number of halogens is 1. The number of nitrogens with zero attached hydrogens (tertiary/aromatic N) is 1. The Bertz CT molecular complexity index is 806. The zero-order valence-electron chi connectivity index (χ0n) is 10.9. The molecule has 0 aliphatic rings. The number of Topliss-reactive ketones (excluding diaryl/α,β-unsaturated/α-hetero) is 1. The first-order chi connectivity index (χ1) is 9.66. The van der Waals surface area contributed by atoms with Crippen molar-refractivity contribution in [1.29, 1.82) is 0 Å². The number of aromatic nitrogens is 1. The Labute approximate surface area is 115 Å². The average molecular weight is 265 g/mol. The van der Waals surface area contributed by atoms with Crippen molar-refractivity contribution in [3.63, 3.8) is 0 Å². The van der Waals surface area contributed by atoms with Crippen LogP contribution in [-0.2, 0) is 0 Å². The lowest BCUT2D eigenvalue weighted by Crippen LogP contribution is -1.97. The van der Waals surface area contributed by atoms with Gasteiger partial charge in [0.25, 0.3) is 0 Å². The van der Waals surface area contributed by atoms with Gasteiger partial charge in [-0.3, -0.25) is 9.78 Å². The molecule has 20 heavy (non-hydrogen) atoms. The van der Waals surface area contributed by atoms with E-state index in [1.807, 2.05) is 30.3 Å². The van der Waals surface area contributed by atoms with E-state index in [-0.39, 0.29) is 11.6 Å². The van der Waals surface area contributed by atoms with E-state index in [0.717, 1.165) is 16.5 Å². The molecule has 1 heterocycles. The molecule has 0 amide bonds. The molecule has 98 valence electrons. The van der Waals surface area contributed by atoms with Crippen molar-refractivity contribution in [3.8, 4) is 11.1 Å². The Hall–Kier alpha value is -2.55. The van der Waals surface area contributed by atoms with Gasteiger partial charge in [-0.05, 0) is 48.4 Å². The summed E-state index contributed by atoms with van der Waals surface area (Å²) in [5.74, 6) is -0.438. The van der Waals surface area contributed by atoms with Crippen LogP contribution in [-0.4, -0.2) is 10.8 Å². The van der Waals surface area contributed by atoms with Crippen molar-refractivity contribution < 1.29 is 9.18 Å². The Kier molecular flexibility index (Phi) is 3.03. The lowest BCUT2D eigenvalue weighted by Gasteiger charge is -2.10. The molecule has 0 fully saturated rings. The summed E-state index contributed by atoms with van der Waals surface area (Å²) in [5.41, 5.74) is 2.77. The fourth-order valence-corrected chi connectivity index (χ4v) is 2.38. The third kappa shape index (κ3) is 2.07. The summed E-state index contributed by atoms with van der Waals surface area (Å²) in [5, 5.41) is 0.906. The van der Waals surface area contributed by atoms with Crippen LogP contribution in [0, 0.1) is 5.82 Å². The maximum Gasteiger partial charge on any atom is 0.160 e. The van der Waals surface area contributed by atoms with E-state index in [0.29, 0.717) is 11.1 Å². The highest BCUT2D eigenvalue weighted by molar-refractivity contribution is 6.05. The summed E-state index contributed by atoms with van der Waals surface area (Å²) in [6, 6.07) is 13.6. The first kappa shape index (κ1) is 12.5. The van der Waals surface area contributed by atoms with Crippen molar-refractivity contribution in [2.45, 2.75) is 6.92 Å². The van der Waals surface area contributed by atoms with Crippen LogP contribution in [0.5, 0.6) is 0 Å². The summed E-state index contributed by atoms with van der Waals surface area (Å²) in [6.45, 7) is 1.49. The number of carbonyl (C=O) groups excluding carboxylic acids is 1. The summed E-state index contributed by atoms with van der Waals surface area (Å²) in [7, 11) is 0. The third-order valence-electron chi connectivity index (χ3n) is 3.30. The second-order valence-electron chi connectivity index (χ2n) is 4.62. The van der Waals surface area contributed by atoms with Gasteiger partial charge < -0.3 is 0 Å². The predicted octanol–water partition coefficient (Wildman–Crippen LogP) is 4.24. The minimum atomic E-state index is -0.356. The molecule has 0 spiro atoms. The van der Waals surface area contributed by atoms with Crippen molar-refractivity contribution in [2.24, 2.45) is 0 Å². The van der Waals surface area contributed by atoms with Gasteiger partial charge in [-0.1, -0.05) is 18.2 Å². The molecule has 0 aliphatic heterocycles. The van der Waals surface area contributed by atoms with Gasteiger partial charge in [0.15, 0.2) is 5.78 Å². The largest absolute Gasteiger partial charge is 0.294 e. The number of fused-ring (bicyclic) bond motifs is 1. The van der Waals surface area contributed by atoms with Gasteiger partial charge >= 0.3 is 0 Å². The highest BCUT2D eigenvalue weighted by Gasteiger charge is 2.12. The van der Waals surface area contributed by atoms with Gasteiger partial charge in [0.2, 0.25) is 0 Å². The smallest absolute Gasteiger partial charge is 0.160 e. The summed E-state index contributed by atoms with van der Waals surface area (Å²) in [4.78, 5) is 16.0. The van der Waals surface area contributed by atoms with Gasteiger partial charge in [-0.25, -0.2) is 4.39 Å². The topological polar surface area (TPSA) is 30.0 Å². The predicted molar refractivity (Wildman–Crippen MR) is 77.1 cm³/mol. The Balaban J connectivity index is 2.36. The van der Waals surface area contributed by atoms with Crippen molar-refractivity contribution in [3.05, 3.63) is 66.1 Å². The number of carbonyl (C=O) groups is 1. The average Bonchev–Trinajstić information content (AvgIpc) is 2.46. The van der Waals surface area contributed by atoms with Crippen LogP contribution in [0.25, 0.3) is 22.0 Å². The van der Waals surface area contributed by atoms with Crippen LogP contribution in [0.2, 0.25) is 0 Å². The highest BCUT2D eigenvalue weighted by Crippen LogP contribution is 2.31.